The summed E-state index contributed by atoms with van der Waals surface area (Å²) in [6.45, 7) is 15.0. The summed E-state index contributed by atoms with van der Waals surface area (Å²) in [6, 6.07) is 7.03. The first kappa shape index (κ1) is 23.5. The van der Waals surface area contributed by atoms with E-state index in [0.717, 1.165) is 10.9 Å². The molecule has 1 aromatic carbocycles. The molecule has 1 aromatic heterocycles. The van der Waals surface area contributed by atoms with Gasteiger partial charge in [0.1, 0.15) is 16.8 Å². The molecule has 1 aliphatic carbocycles. The van der Waals surface area contributed by atoms with Gasteiger partial charge in [0.05, 0.1) is 11.7 Å². The quantitative estimate of drug-likeness (QED) is 0.372. The van der Waals surface area contributed by atoms with E-state index >= 15 is 0 Å². The number of piperidine rings is 1. The lowest BCUT2D eigenvalue weighted by Crippen LogP contribution is -2.69. The Bertz CT molecular complexity index is 1090. The highest BCUT2D eigenvalue weighted by Crippen LogP contribution is 2.57. The lowest BCUT2D eigenvalue weighted by molar-refractivity contribution is -0.192. The van der Waals surface area contributed by atoms with Gasteiger partial charge in [-0.1, -0.05) is 24.3 Å². The summed E-state index contributed by atoms with van der Waals surface area (Å²) < 4.78 is 11.7. The number of carbonyl (C=O) groups is 2. The number of H-pyrrole nitrogens is 1. The van der Waals surface area contributed by atoms with Gasteiger partial charge in [-0.25, -0.2) is 0 Å². The fraction of sp³-hybridized carbons (Fsp3) is 0.538. The average Bonchev–Trinajstić information content (AvgIpc) is 3.05. The number of carbonyl (C=O) groups excluding carboxylic acids is 2. The molecule has 1 aliphatic heterocycles. The fourth-order valence-electron chi connectivity index (χ4n) is 5.36. The van der Waals surface area contributed by atoms with E-state index in [4.69, 9.17) is 9.47 Å². The molecule has 3 N–H and O–H groups in total. The topological polar surface area (TPSA) is 101 Å². The molecule has 1 saturated heterocycles. The van der Waals surface area contributed by atoms with Crippen molar-refractivity contribution in [2.24, 2.45) is 5.92 Å². The molecule has 2 heterocycles. The zero-order chi connectivity index (χ0) is 24.4. The molecule has 1 fully saturated rings. The van der Waals surface area contributed by atoms with Gasteiger partial charge in [0, 0.05) is 22.4 Å². The zero-order valence-electron chi connectivity index (χ0n) is 20.2. The highest BCUT2D eigenvalue weighted by atomic mass is 16.6. The van der Waals surface area contributed by atoms with Crippen LogP contribution in [0.1, 0.15) is 65.3 Å². The molecule has 0 amide bonds. The molecular weight excluding hydrogens is 420 g/mol. The SMILES string of the molecule is C=C[C@@]1(O)[C@@H]2CCN[C@H]1c1c([nH]c3ccccc13)C2(C(=O)OC(C)(C)C)C(=O)OC(C)(C)C. The van der Waals surface area contributed by atoms with Gasteiger partial charge in [0.25, 0.3) is 0 Å². The van der Waals surface area contributed by atoms with E-state index in [0.29, 0.717) is 24.2 Å². The van der Waals surface area contributed by atoms with Crippen LogP contribution in [0.4, 0.5) is 0 Å². The number of aromatic nitrogens is 1. The molecule has 2 aromatic rings. The number of nitrogens with one attached hydrogen (secondary N) is 2. The van der Waals surface area contributed by atoms with Crippen molar-refractivity contribution >= 4 is 22.8 Å². The number of benzene rings is 1. The van der Waals surface area contributed by atoms with Crippen LogP contribution in [0.25, 0.3) is 10.9 Å². The number of fused-ring (bicyclic) bond motifs is 6. The molecule has 178 valence electrons. The second kappa shape index (κ2) is 7.43. The van der Waals surface area contributed by atoms with Gasteiger partial charge in [0.15, 0.2) is 0 Å². The maximum atomic E-state index is 14.1. The van der Waals surface area contributed by atoms with E-state index < -0.39 is 46.1 Å². The van der Waals surface area contributed by atoms with Crippen molar-refractivity contribution < 1.29 is 24.2 Å². The van der Waals surface area contributed by atoms with E-state index in [9.17, 15) is 14.7 Å². The summed E-state index contributed by atoms with van der Waals surface area (Å²) in [7, 11) is 0. The maximum absolute atomic E-state index is 14.1. The highest BCUT2D eigenvalue weighted by molar-refractivity contribution is 6.09. The lowest BCUT2D eigenvalue weighted by Gasteiger charge is -2.55. The number of para-hydroxylation sites is 1. The van der Waals surface area contributed by atoms with Gasteiger partial charge in [-0.2, -0.15) is 0 Å². The van der Waals surface area contributed by atoms with Crippen LogP contribution >= 0.6 is 0 Å². The minimum Gasteiger partial charge on any atom is -0.459 e. The number of aliphatic hydroxyl groups is 1. The lowest BCUT2D eigenvalue weighted by atomic mass is 9.54. The minimum absolute atomic E-state index is 0.353. The van der Waals surface area contributed by atoms with Gasteiger partial charge in [-0.05, 0) is 60.6 Å². The summed E-state index contributed by atoms with van der Waals surface area (Å²) >= 11 is 0. The van der Waals surface area contributed by atoms with Gasteiger partial charge < -0.3 is 24.9 Å². The molecule has 7 heteroatoms. The highest BCUT2D eigenvalue weighted by Gasteiger charge is 2.70. The predicted molar refractivity (Wildman–Crippen MR) is 126 cm³/mol. The Morgan fingerprint density at radius 1 is 1.09 bits per heavy atom. The van der Waals surface area contributed by atoms with Crippen LogP contribution in [0.15, 0.2) is 36.9 Å². The third kappa shape index (κ3) is 3.49. The minimum atomic E-state index is -1.89. The summed E-state index contributed by atoms with van der Waals surface area (Å²) in [6.07, 6.45) is 1.80. The predicted octanol–water partition coefficient (Wildman–Crippen LogP) is 3.67. The molecule has 0 saturated carbocycles. The van der Waals surface area contributed by atoms with E-state index in [1.165, 1.54) is 6.08 Å². The Labute approximate surface area is 194 Å². The van der Waals surface area contributed by atoms with Crippen LogP contribution in [-0.2, 0) is 24.5 Å². The third-order valence-electron chi connectivity index (χ3n) is 6.52. The Morgan fingerprint density at radius 3 is 2.21 bits per heavy atom. The molecule has 0 radical (unpaired) electrons. The number of esters is 2. The smallest absolute Gasteiger partial charge is 0.330 e. The van der Waals surface area contributed by atoms with Crippen molar-refractivity contribution in [1.82, 2.24) is 10.3 Å². The molecule has 2 aliphatic rings. The number of aromatic amines is 1. The number of rotatable bonds is 3. The van der Waals surface area contributed by atoms with Crippen LogP contribution in [0.2, 0.25) is 0 Å². The molecule has 0 unspecified atom stereocenters. The number of hydrogen-bond acceptors (Lipinski definition) is 6. The average molecular weight is 455 g/mol. The summed E-state index contributed by atoms with van der Waals surface area (Å²) in [5, 5.41) is 16.2. The fourth-order valence-corrected chi connectivity index (χ4v) is 5.36. The number of ether oxygens (including phenoxy) is 2. The Morgan fingerprint density at radius 2 is 1.67 bits per heavy atom. The van der Waals surface area contributed by atoms with E-state index in [-0.39, 0.29) is 0 Å². The van der Waals surface area contributed by atoms with Crippen molar-refractivity contribution in [3.8, 4) is 0 Å². The Kier molecular flexibility index (Phi) is 5.30. The van der Waals surface area contributed by atoms with Crippen LogP contribution in [0.3, 0.4) is 0 Å². The van der Waals surface area contributed by atoms with Gasteiger partial charge >= 0.3 is 11.9 Å². The van der Waals surface area contributed by atoms with E-state index in [1.807, 2.05) is 24.3 Å². The second-order valence-corrected chi connectivity index (χ2v) is 11.1. The van der Waals surface area contributed by atoms with Gasteiger partial charge in [0.2, 0.25) is 5.41 Å². The normalized spacial score (nSPS) is 26.4. The first-order valence-electron chi connectivity index (χ1n) is 11.4. The standard InChI is InChI=1S/C26H34N2O5/c1-8-25(31)17-13-14-27-19(25)18-15-11-9-10-12-16(15)28-20(18)26(17,21(29)32-23(2,3)4)22(30)33-24(5,6)7/h8-12,17,19,27-28,31H,1,13-14H2,2-7H3/t17-,19-,25+/m0/s1. The van der Waals surface area contributed by atoms with Crippen LogP contribution in [-0.4, -0.2) is 45.4 Å². The van der Waals surface area contributed by atoms with Crippen LogP contribution < -0.4 is 5.32 Å². The Hall–Kier alpha value is -2.64. The van der Waals surface area contributed by atoms with Crippen molar-refractivity contribution in [3.63, 3.8) is 0 Å². The molecular formula is C26H34N2O5. The summed E-state index contributed by atoms with van der Waals surface area (Å²) in [5.74, 6) is -2.30. The van der Waals surface area contributed by atoms with E-state index in [1.54, 1.807) is 41.5 Å². The van der Waals surface area contributed by atoms with Crippen molar-refractivity contribution in [2.45, 2.75) is 76.2 Å². The first-order valence-corrected chi connectivity index (χ1v) is 11.4. The van der Waals surface area contributed by atoms with Crippen LogP contribution in [0.5, 0.6) is 0 Å². The molecule has 4 rings (SSSR count). The molecule has 33 heavy (non-hydrogen) atoms. The molecule has 3 atom stereocenters. The van der Waals surface area contributed by atoms with Gasteiger partial charge in [-0.15, -0.1) is 6.58 Å². The second-order valence-electron chi connectivity index (χ2n) is 11.1. The first-order chi connectivity index (χ1) is 15.3. The summed E-state index contributed by atoms with van der Waals surface area (Å²) in [5.41, 5.74) is -3.33. The van der Waals surface area contributed by atoms with Crippen molar-refractivity contribution in [1.29, 1.82) is 0 Å². The molecule has 2 bridgehead atoms. The van der Waals surface area contributed by atoms with Crippen molar-refractivity contribution in [3.05, 3.63) is 48.2 Å². The maximum Gasteiger partial charge on any atom is 0.330 e. The zero-order valence-corrected chi connectivity index (χ0v) is 20.2. The largest absolute Gasteiger partial charge is 0.459 e. The number of hydrogen-bond donors (Lipinski definition) is 3. The van der Waals surface area contributed by atoms with E-state index in [2.05, 4.69) is 16.9 Å². The summed E-state index contributed by atoms with van der Waals surface area (Å²) in [4.78, 5) is 31.5. The van der Waals surface area contributed by atoms with Gasteiger partial charge in [-0.3, -0.25) is 9.59 Å². The monoisotopic (exact) mass is 454 g/mol. The molecule has 7 nitrogen and oxygen atoms in total. The van der Waals surface area contributed by atoms with Crippen molar-refractivity contribution in [2.75, 3.05) is 6.54 Å². The van der Waals surface area contributed by atoms with Crippen LogP contribution in [0, 0.1) is 5.92 Å². The molecule has 0 spiro atoms. The Balaban J connectivity index is 2.11. The third-order valence-corrected chi connectivity index (χ3v) is 6.52.